The van der Waals surface area contributed by atoms with Crippen LogP contribution < -0.4 is 0 Å². The summed E-state index contributed by atoms with van der Waals surface area (Å²) in [6.45, 7) is 4.13. The van der Waals surface area contributed by atoms with Gasteiger partial charge in [0.15, 0.2) is 0 Å². The molecule has 1 aliphatic heterocycles. The number of piperidine rings is 1. The van der Waals surface area contributed by atoms with Gasteiger partial charge in [0, 0.05) is 12.7 Å². The number of rotatable bonds is 3. The summed E-state index contributed by atoms with van der Waals surface area (Å²) in [6, 6.07) is 13.2. The van der Waals surface area contributed by atoms with Crippen LogP contribution in [0.1, 0.15) is 42.4 Å². The molecule has 1 aromatic carbocycles. The van der Waals surface area contributed by atoms with Crippen molar-refractivity contribution >= 4 is 0 Å². The van der Waals surface area contributed by atoms with Crippen LogP contribution in [0.3, 0.4) is 0 Å². The lowest BCUT2D eigenvalue weighted by atomic mass is 9.98. The third-order valence-electron chi connectivity index (χ3n) is 3.98. The molecule has 3 rings (SSSR count). The van der Waals surface area contributed by atoms with Crippen molar-refractivity contribution in [2.24, 2.45) is 0 Å². The van der Waals surface area contributed by atoms with E-state index in [1.165, 1.54) is 30.5 Å². The second-order valence-electron chi connectivity index (χ2n) is 5.50. The first-order valence-electron chi connectivity index (χ1n) is 7.40. The zero-order valence-electron chi connectivity index (χ0n) is 12.0. The van der Waals surface area contributed by atoms with Crippen molar-refractivity contribution in [1.82, 2.24) is 14.9 Å². The molecule has 0 saturated carbocycles. The first kappa shape index (κ1) is 13.3. The van der Waals surface area contributed by atoms with Crippen LogP contribution in [0.2, 0.25) is 0 Å². The van der Waals surface area contributed by atoms with Gasteiger partial charge in [-0.25, -0.2) is 9.97 Å². The Kier molecular flexibility index (Phi) is 4.07. The third-order valence-corrected chi connectivity index (χ3v) is 3.98. The molecule has 0 radical (unpaired) electrons. The Morgan fingerprint density at radius 1 is 1.15 bits per heavy atom. The Bertz CT molecular complexity index is 553. The molecule has 1 aromatic heterocycles. The van der Waals surface area contributed by atoms with Gasteiger partial charge in [0.2, 0.25) is 0 Å². The minimum absolute atomic E-state index is 0.436. The number of hydrogen-bond acceptors (Lipinski definition) is 3. The lowest BCUT2D eigenvalue weighted by molar-refractivity contribution is 0.137. The summed E-state index contributed by atoms with van der Waals surface area (Å²) in [6.07, 6.45) is 5.66. The Balaban J connectivity index is 1.80. The lowest BCUT2D eigenvalue weighted by Gasteiger charge is -2.35. The number of aryl methyl sites for hydroxylation is 1. The number of nitrogens with zero attached hydrogens (tertiary/aromatic N) is 3. The fourth-order valence-electron chi connectivity index (χ4n) is 2.99. The van der Waals surface area contributed by atoms with Gasteiger partial charge in [-0.2, -0.15) is 0 Å². The topological polar surface area (TPSA) is 29.0 Å². The lowest BCUT2D eigenvalue weighted by Crippen LogP contribution is -2.33. The maximum Gasteiger partial charge on any atom is 0.125 e. The van der Waals surface area contributed by atoms with Crippen LogP contribution in [-0.4, -0.2) is 21.4 Å². The van der Waals surface area contributed by atoms with E-state index in [0.717, 1.165) is 18.9 Å². The van der Waals surface area contributed by atoms with E-state index in [4.69, 9.17) is 0 Å². The molecule has 0 aliphatic carbocycles. The Labute approximate surface area is 120 Å². The van der Waals surface area contributed by atoms with E-state index in [-0.39, 0.29) is 0 Å². The summed E-state index contributed by atoms with van der Waals surface area (Å²) >= 11 is 0. The molecule has 3 nitrogen and oxygen atoms in total. The van der Waals surface area contributed by atoms with Crippen LogP contribution >= 0.6 is 0 Å². The molecule has 2 aromatic rings. The average molecular weight is 267 g/mol. The Hall–Kier alpha value is -1.74. The number of benzene rings is 1. The fourth-order valence-corrected chi connectivity index (χ4v) is 2.99. The van der Waals surface area contributed by atoms with Crippen LogP contribution in [0, 0.1) is 6.92 Å². The van der Waals surface area contributed by atoms with Crippen molar-refractivity contribution < 1.29 is 0 Å². The van der Waals surface area contributed by atoms with Gasteiger partial charge in [-0.05, 0) is 37.9 Å². The van der Waals surface area contributed by atoms with Crippen LogP contribution in [0.25, 0.3) is 0 Å². The van der Waals surface area contributed by atoms with Gasteiger partial charge in [-0.1, -0.05) is 36.8 Å². The van der Waals surface area contributed by atoms with Crippen molar-refractivity contribution in [1.29, 1.82) is 0 Å². The molecule has 0 amide bonds. The summed E-state index contributed by atoms with van der Waals surface area (Å²) < 4.78 is 0. The van der Waals surface area contributed by atoms with E-state index in [1.807, 2.05) is 13.1 Å². The zero-order chi connectivity index (χ0) is 13.8. The Morgan fingerprint density at radius 3 is 2.80 bits per heavy atom. The van der Waals surface area contributed by atoms with Gasteiger partial charge in [0.1, 0.15) is 5.82 Å². The standard InChI is InChI=1S/C17H21N3/c1-14-18-11-10-16(19-14)17-9-5-6-12-20(17)13-15-7-3-2-4-8-15/h2-4,7-8,10-11,17H,5-6,9,12-13H2,1H3/t17-/m0/s1. The second-order valence-corrected chi connectivity index (χ2v) is 5.50. The average Bonchev–Trinajstić information content (AvgIpc) is 2.49. The second kappa shape index (κ2) is 6.14. The summed E-state index contributed by atoms with van der Waals surface area (Å²) in [5, 5.41) is 0. The van der Waals surface area contributed by atoms with Crippen molar-refractivity contribution in [2.75, 3.05) is 6.54 Å². The van der Waals surface area contributed by atoms with Crippen molar-refractivity contribution in [3.8, 4) is 0 Å². The van der Waals surface area contributed by atoms with Gasteiger partial charge >= 0.3 is 0 Å². The first-order chi connectivity index (χ1) is 9.83. The van der Waals surface area contributed by atoms with Crippen LogP contribution in [0.5, 0.6) is 0 Å². The molecular formula is C17H21N3. The minimum atomic E-state index is 0.436. The Morgan fingerprint density at radius 2 is 2.00 bits per heavy atom. The van der Waals surface area contributed by atoms with Crippen molar-refractivity contribution in [3.63, 3.8) is 0 Å². The number of aromatic nitrogens is 2. The molecule has 0 spiro atoms. The molecule has 20 heavy (non-hydrogen) atoms. The quantitative estimate of drug-likeness (QED) is 0.852. The van der Waals surface area contributed by atoms with Crippen molar-refractivity contribution in [3.05, 3.63) is 59.7 Å². The van der Waals surface area contributed by atoms with Gasteiger partial charge in [0.25, 0.3) is 0 Å². The molecule has 3 heteroatoms. The van der Waals surface area contributed by atoms with E-state index in [0.29, 0.717) is 6.04 Å². The summed E-state index contributed by atoms with van der Waals surface area (Å²) in [4.78, 5) is 11.4. The highest BCUT2D eigenvalue weighted by Gasteiger charge is 2.25. The van der Waals surface area contributed by atoms with Crippen LogP contribution in [0.4, 0.5) is 0 Å². The maximum absolute atomic E-state index is 4.64. The first-order valence-corrected chi connectivity index (χ1v) is 7.40. The largest absolute Gasteiger partial charge is 0.291 e. The van der Waals surface area contributed by atoms with E-state index < -0.39 is 0 Å². The van der Waals surface area contributed by atoms with E-state index in [1.54, 1.807) is 0 Å². The minimum Gasteiger partial charge on any atom is -0.291 e. The van der Waals surface area contributed by atoms with Gasteiger partial charge in [-0.15, -0.1) is 0 Å². The summed E-state index contributed by atoms with van der Waals surface area (Å²) in [7, 11) is 0. The highest BCUT2D eigenvalue weighted by molar-refractivity contribution is 5.16. The molecule has 2 heterocycles. The molecule has 1 aliphatic rings. The normalized spacial score (nSPS) is 19.9. The predicted molar refractivity (Wildman–Crippen MR) is 80.2 cm³/mol. The van der Waals surface area contributed by atoms with Gasteiger partial charge < -0.3 is 0 Å². The molecule has 0 N–H and O–H groups in total. The molecular weight excluding hydrogens is 246 g/mol. The van der Waals surface area contributed by atoms with Gasteiger partial charge in [0.05, 0.1) is 11.7 Å². The molecule has 0 unspecified atom stereocenters. The number of likely N-dealkylation sites (tertiary alicyclic amines) is 1. The molecule has 104 valence electrons. The fraction of sp³-hybridized carbons (Fsp3) is 0.412. The van der Waals surface area contributed by atoms with E-state index in [9.17, 15) is 0 Å². The van der Waals surface area contributed by atoms with E-state index in [2.05, 4.69) is 51.3 Å². The molecule has 1 fully saturated rings. The SMILES string of the molecule is Cc1nccc([C@@H]2CCCCN2Cc2ccccc2)n1. The molecule has 0 bridgehead atoms. The van der Waals surface area contributed by atoms with Crippen LogP contribution in [0.15, 0.2) is 42.6 Å². The zero-order valence-corrected chi connectivity index (χ0v) is 12.0. The molecule has 1 saturated heterocycles. The van der Waals surface area contributed by atoms with Crippen molar-refractivity contribution in [2.45, 2.75) is 38.8 Å². The monoisotopic (exact) mass is 267 g/mol. The van der Waals surface area contributed by atoms with Crippen LogP contribution in [-0.2, 0) is 6.54 Å². The maximum atomic E-state index is 4.64. The highest BCUT2D eigenvalue weighted by atomic mass is 15.2. The third kappa shape index (κ3) is 3.05. The van der Waals surface area contributed by atoms with Gasteiger partial charge in [-0.3, -0.25) is 4.90 Å². The molecule has 1 atom stereocenters. The smallest absolute Gasteiger partial charge is 0.125 e. The summed E-state index contributed by atoms with van der Waals surface area (Å²) in [5.41, 5.74) is 2.55. The summed E-state index contributed by atoms with van der Waals surface area (Å²) in [5.74, 6) is 0.868. The predicted octanol–water partition coefficient (Wildman–Crippen LogP) is 3.51. The number of hydrogen-bond donors (Lipinski definition) is 0. The highest BCUT2D eigenvalue weighted by Crippen LogP contribution is 2.30. The van der Waals surface area contributed by atoms with E-state index >= 15 is 0 Å².